The van der Waals surface area contributed by atoms with Gasteiger partial charge in [0.2, 0.25) is 5.91 Å². The molecule has 1 aromatic carbocycles. The highest BCUT2D eigenvalue weighted by Gasteiger charge is 2.62. The van der Waals surface area contributed by atoms with Crippen LogP contribution in [0.5, 0.6) is 0 Å². The first-order chi connectivity index (χ1) is 9.36. The molecule has 1 saturated heterocycles. The molecule has 5 nitrogen and oxygen atoms in total. The number of carbonyl (C=O) groups is 3. The summed E-state index contributed by atoms with van der Waals surface area (Å²) in [7, 11) is 0. The van der Waals surface area contributed by atoms with Gasteiger partial charge in [0.15, 0.2) is 5.82 Å². The number of imide groups is 2. The molecule has 2 fully saturated rings. The summed E-state index contributed by atoms with van der Waals surface area (Å²) in [5.74, 6) is -3.36. The molecule has 0 aromatic heterocycles. The van der Waals surface area contributed by atoms with E-state index in [0.29, 0.717) is 23.8 Å². The molecular formula is C12H7BrF2N2O3. The highest BCUT2D eigenvalue weighted by molar-refractivity contribution is 9.10. The predicted molar refractivity (Wildman–Crippen MR) is 66.7 cm³/mol. The minimum Gasteiger partial charge on any atom is -0.276 e. The van der Waals surface area contributed by atoms with Crippen molar-refractivity contribution in [2.24, 2.45) is 5.41 Å². The van der Waals surface area contributed by atoms with Crippen molar-refractivity contribution in [3.05, 3.63) is 28.2 Å². The monoisotopic (exact) mass is 344 g/mol. The molecule has 1 aliphatic carbocycles. The first-order valence-corrected chi connectivity index (χ1v) is 6.50. The van der Waals surface area contributed by atoms with Crippen LogP contribution in [0.2, 0.25) is 0 Å². The van der Waals surface area contributed by atoms with Gasteiger partial charge in [-0.05, 0) is 34.8 Å². The number of anilines is 1. The highest BCUT2D eigenvalue weighted by atomic mass is 79.9. The minimum absolute atomic E-state index is 0.0800. The van der Waals surface area contributed by atoms with Crippen LogP contribution in [-0.4, -0.2) is 17.8 Å². The van der Waals surface area contributed by atoms with E-state index in [1.165, 1.54) is 0 Å². The van der Waals surface area contributed by atoms with Gasteiger partial charge in [-0.1, -0.05) is 0 Å². The molecule has 1 aliphatic heterocycles. The second-order valence-corrected chi connectivity index (χ2v) is 5.55. The van der Waals surface area contributed by atoms with Crippen LogP contribution in [-0.2, 0) is 9.59 Å². The zero-order valence-electron chi connectivity index (χ0n) is 9.87. The fraction of sp³-hybridized carbons (Fsp3) is 0.250. The molecule has 4 amide bonds. The number of hydrogen-bond donors (Lipinski definition) is 1. The average Bonchev–Trinajstić information content (AvgIpc) is 3.12. The zero-order valence-corrected chi connectivity index (χ0v) is 11.5. The fourth-order valence-corrected chi connectivity index (χ4v) is 2.78. The molecule has 1 N–H and O–H groups in total. The van der Waals surface area contributed by atoms with Crippen molar-refractivity contribution in [3.63, 3.8) is 0 Å². The van der Waals surface area contributed by atoms with E-state index in [1.807, 2.05) is 5.32 Å². The number of halogens is 3. The molecule has 20 heavy (non-hydrogen) atoms. The number of urea groups is 1. The largest absolute Gasteiger partial charge is 0.335 e. The molecule has 1 saturated carbocycles. The minimum atomic E-state index is -1.28. The molecule has 8 heteroatoms. The maximum absolute atomic E-state index is 13.9. The Hall–Kier alpha value is -1.83. The smallest absolute Gasteiger partial charge is 0.276 e. The summed E-state index contributed by atoms with van der Waals surface area (Å²) >= 11 is 2.92. The van der Waals surface area contributed by atoms with Gasteiger partial charge in [-0.2, -0.15) is 0 Å². The van der Waals surface area contributed by atoms with Gasteiger partial charge in [0.05, 0.1) is 0 Å². The summed E-state index contributed by atoms with van der Waals surface area (Å²) in [4.78, 5) is 36.3. The standard InChI is InChI=1S/C12H7BrF2N2O3/c13-6-3-5(14)4-7(15)8(6)17-10(19)12(1-2-12)9(18)16-11(17)20/h3-4H,1-2H2,(H,16,18,20). The van der Waals surface area contributed by atoms with Gasteiger partial charge in [-0.3, -0.25) is 14.9 Å². The van der Waals surface area contributed by atoms with Crippen LogP contribution in [0.4, 0.5) is 19.3 Å². The molecule has 104 valence electrons. The molecule has 3 rings (SSSR count). The Morgan fingerprint density at radius 1 is 1.20 bits per heavy atom. The Morgan fingerprint density at radius 2 is 1.85 bits per heavy atom. The SMILES string of the molecule is O=C1NC(=O)C2(CC2)C(=O)N1c1c(F)cc(F)cc1Br. The van der Waals surface area contributed by atoms with Crippen LogP contribution in [0.25, 0.3) is 0 Å². The maximum atomic E-state index is 13.9. The number of carbonyl (C=O) groups excluding carboxylic acids is 3. The van der Waals surface area contributed by atoms with Gasteiger partial charge >= 0.3 is 6.03 Å². The van der Waals surface area contributed by atoms with E-state index >= 15 is 0 Å². The van der Waals surface area contributed by atoms with E-state index in [2.05, 4.69) is 15.9 Å². The third kappa shape index (κ3) is 1.67. The number of amides is 4. The van der Waals surface area contributed by atoms with E-state index < -0.39 is 40.6 Å². The molecule has 1 spiro atoms. The van der Waals surface area contributed by atoms with Crippen molar-refractivity contribution in [1.29, 1.82) is 0 Å². The fourth-order valence-electron chi connectivity index (χ4n) is 2.19. The molecule has 1 aromatic rings. The number of barbiturate groups is 1. The average molecular weight is 345 g/mol. The van der Waals surface area contributed by atoms with Gasteiger partial charge in [-0.25, -0.2) is 18.5 Å². The molecule has 0 unspecified atom stereocenters. The summed E-state index contributed by atoms with van der Waals surface area (Å²) < 4.78 is 26.9. The van der Waals surface area contributed by atoms with Crippen LogP contribution in [0, 0.1) is 17.0 Å². The lowest BCUT2D eigenvalue weighted by Gasteiger charge is -2.30. The number of hydrogen-bond acceptors (Lipinski definition) is 3. The molecule has 2 aliphatic rings. The quantitative estimate of drug-likeness (QED) is 0.793. The first kappa shape index (κ1) is 13.2. The van der Waals surface area contributed by atoms with Crippen LogP contribution >= 0.6 is 15.9 Å². The van der Waals surface area contributed by atoms with Gasteiger partial charge in [-0.15, -0.1) is 0 Å². The maximum Gasteiger partial charge on any atom is 0.335 e. The molecular weight excluding hydrogens is 338 g/mol. The number of nitrogens with one attached hydrogen (secondary N) is 1. The summed E-state index contributed by atoms with van der Waals surface area (Å²) in [6.07, 6.45) is 0.615. The third-order valence-corrected chi connectivity index (χ3v) is 4.03. The normalized spacial score (nSPS) is 20.4. The molecule has 0 radical (unpaired) electrons. The van der Waals surface area contributed by atoms with Crippen molar-refractivity contribution < 1.29 is 23.2 Å². The van der Waals surface area contributed by atoms with E-state index in [-0.39, 0.29) is 4.47 Å². The second kappa shape index (κ2) is 4.08. The molecule has 0 atom stereocenters. The summed E-state index contributed by atoms with van der Waals surface area (Å²) in [6, 6.07) is 0.467. The van der Waals surface area contributed by atoms with E-state index in [0.717, 1.165) is 6.07 Å². The summed E-state index contributed by atoms with van der Waals surface area (Å²) in [5.41, 5.74) is -1.68. The van der Waals surface area contributed by atoms with Gasteiger partial charge in [0.25, 0.3) is 5.91 Å². The third-order valence-electron chi connectivity index (χ3n) is 3.43. The van der Waals surface area contributed by atoms with Crippen LogP contribution in [0.15, 0.2) is 16.6 Å². The summed E-state index contributed by atoms with van der Waals surface area (Å²) in [5, 5.41) is 2.03. The predicted octanol–water partition coefficient (Wildman–Crippen LogP) is 2.09. The van der Waals surface area contributed by atoms with Crippen LogP contribution in [0.3, 0.4) is 0 Å². The van der Waals surface area contributed by atoms with E-state index in [9.17, 15) is 23.2 Å². The van der Waals surface area contributed by atoms with Crippen molar-refractivity contribution in [2.75, 3.05) is 4.90 Å². The molecule has 0 bridgehead atoms. The Labute approximate surface area is 120 Å². The lowest BCUT2D eigenvalue weighted by Crippen LogP contribution is -2.59. The highest BCUT2D eigenvalue weighted by Crippen LogP contribution is 2.50. The topological polar surface area (TPSA) is 66.5 Å². The van der Waals surface area contributed by atoms with E-state index in [4.69, 9.17) is 0 Å². The van der Waals surface area contributed by atoms with Gasteiger partial charge < -0.3 is 0 Å². The first-order valence-electron chi connectivity index (χ1n) is 5.71. The Morgan fingerprint density at radius 3 is 2.40 bits per heavy atom. The number of nitrogens with zero attached hydrogens (tertiary/aromatic N) is 1. The Balaban J connectivity index is 2.12. The van der Waals surface area contributed by atoms with E-state index in [1.54, 1.807) is 0 Å². The summed E-state index contributed by atoms with van der Waals surface area (Å²) in [6.45, 7) is 0. The van der Waals surface area contributed by atoms with Crippen molar-refractivity contribution >= 4 is 39.5 Å². The van der Waals surface area contributed by atoms with Crippen LogP contribution in [0.1, 0.15) is 12.8 Å². The van der Waals surface area contributed by atoms with Crippen molar-refractivity contribution in [2.45, 2.75) is 12.8 Å². The Bertz CT molecular complexity index is 650. The molecule has 1 heterocycles. The van der Waals surface area contributed by atoms with Gasteiger partial charge in [0.1, 0.15) is 16.9 Å². The van der Waals surface area contributed by atoms with Crippen molar-refractivity contribution in [1.82, 2.24) is 5.32 Å². The zero-order chi connectivity index (χ0) is 14.7. The number of rotatable bonds is 1. The van der Waals surface area contributed by atoms with Crippen LogP contribution < -0.4 is 10.2 Å². The van der Waals surface area contributed by atoms with Crippen molar-refractivity contribution in [3.8, 4) is 0 Å². The lowest BCUT2D eigenvalue weighted by atomic mass is 10.0. The Kier molecular flexibility index (Phi) is 2.69. The number of benzene rings is 1. The lowest BCUT2D eigenvalue weighted by molar-refractivity contribution is -0.136. The second-order valence-electron chi connectivity index (χ2n) is 4.70. The van der Waals surface area contributed by atoms with Gasteiger partial charge in [0, 0.05) is 10.5 Å².